The summed E-state index contributed by atoms with van der Waals surface area (Å²) in [6, 6.07) is 0. The molecule has 12 heavy (non-hydrogen) atoms. The highest BCUT2D eigenvalue weighted by Crippen LogP contribution is 1.98. The number of ether oxygens (including phenoxy) is 1. The maximum atomic E-state index is 10.8. The lowest BCUT2D eigenvalue weighted by Crippen LogP contribution is -2.46. The minimum Gasteiger partial charge on any atom is -0.453 e. The quantitative estimate of drug-likeness (QED) is 0.520. The average molecular weight is 170 g/mol. The zero-order valence-corrected chi connectivity index (χ0v) is 7.32. The fourth-order valence-electron chi connectivity index (χ4n) is 1.23. The van der Waals surface area contributed by atoms with E-state index >= 15 is 0 Å². The maximum absolute atomic E-state index is 10.8. The Morgan fingerprint density at radius 3 is 2.50 bits per heavy atom. The highest BCUT2D eigenvalue weighted by Gasteiger charge is 2.16. The largest absolute Gasteiger partial charge is 0.453 e. The van der Waals surface area contributed by atoms with E-state index in [1.54, 1.807) is 0 Å². The van der Waals surface area contributed by atoms with E-state index in [1.165, 1.54) is 0 Å². The van der Waals surface area contributed by atoms with Gasteiger partial charge in [-0.05, 0) is 7.05 Å². The SMILES string of the molecule is [CH]OC(=O)CN1CCN(C)CC1. The van der Waals surface area contributed by atoms with Gasteiger partial charge in [-0.15, -0.1) is 0 Å². The van der Waals surface area contributed by atoms with Gasteiger partial charge in [0.25, 0.3) is 0 Å². The lowest BCUT2D eigenvalue weighted by Gasteiger charge is -2.31. The Labute approximate surface area is 73.1 Å². The minimum atomic E-state index is -0.362. The van der Waals surface area contributed by atoms with Crippen molar-refractivity contribution in [2.24, 2.45) is 0 Å². The molecule has 1 rings (SSSR count). The first-order valence-electron chi connectivity index (χ1n) is 4.03. The first kappa shape index (κ1) is 9.48. The molecule has 0 aromatic rings. The van der Waals surface area contributed by atoms with Crippen LogP contribution >= 0.6 is 0 Å². The van der Waals surface area contributed by atoms with Crippen molar-refractivity contribution in [1.29, 1.82) is 0 Å². The number of hydrogen-bond donors (Lipinski definition) is 0. The van der Waals surface area contributed by atoms with E-state index in [-0.39, 0.29) is 5.97 Å². The molecule has 0 aliphatic carbocycles. The molecule has 0 aromatic carbocycles. The second-order valence-corrected chi connectivity index (χ2v) is 3.07. The van der Waals surface area contributed by atoms with Crippen LogP contribution in [0.15, 0.2) is 0 Å². The van der Waals surface area contributed by atoms with Crippen molar-refractivity contribution in [3.05, 3.63) is 7.11 Å². The predicted molar refractivity (Wildman–Crippen MR) is 44.3 cm³/mol. The van der Waals surface area contributed by atoms with Crippen LogP contribution in [0.1, 0.15) is 0 Å². The number of piperazine rings is 1. The summed E-state index contributed by atoms with van der Waals surface area (Å²) in [5.74, 6) is -0.362. The molecule has 0 saturated carbocycles. The Hall–Kier alpha value is -0.610. The van der Waals surface area contributed by atoms with Gasteiger partial charge in [-0.3, -0.25) is 9.69 Å². The van der Waals surface area contributed by atoms with E-state index < -0.39 is 0 Å². The van der Waals surface area contributed by atoms with Gasteiger partial charge in [0.2, 0.25) is 0 Å². The Balaban J connectivity index is 2.21. The highest BCUT2D eigenvalue weighted by atomic mass is 16.5. The normalized spacial score (nSPS) is 20.8. The summed E-state index contributed by atoms with van der Waals surface area (Å²) in [5, 5.41) is 0. The van der Waals surface area contributed by atoms with Crippen molar-refractivity contribution >= 4 is 5.97 Å². The molecule has 4 heteroatoms. The number of esters is 1. The standard InChI is InChI=1S/C8H14N2O2/c1-9-3-5-10(6-4-9)7-8(11)12-2/h2H,3-7H2,1H3. The molecule has 1 fully saturated rings. The molecule has 1 aliphatic heterocycles. The van der Waals surface area contributed by atoms with E-state index in [0.29, 0.717) is 6.54 Å². The van der Waals surface area contributed by atoms with Crippen LogP contribution < -0.4 is 0 Å². The Bertz CT molecular complexity index is 153. The molecule has 2 radical (unpaired) electrons. The number of likely N-dealkylation sites (N-methyl/N-ethyl adjacent to an activating group) is 1. The first-order chi connectivity index (χ1) is 5.72. The Morgan fingerprint density at radius 1 is 1.42 bits per heavy atom. The molecular weight excluding hydrogens is 156 g/mol. The van der Waals surface area contributed by atoms with Crippen molar-refractivity contribution in [3.8, 4) is 0 Å². The van der Waals surface area contributed by atoms with E-state index in [0.717, 1.165) is 26.2 Å². The van der Waals surface area contributed by atoms with Gasteiger partial charge in [-0.25, -0.2) is 0 Å². The smallest absolute Gasteiger partial charge is 0.320 e. The molecule has 0 unspecified atom stereocenters. The molecule has 0 amide bonds. The molecule has 1 saturated heterocycles. The molecule has 1 aliphatic rings. The maximum Gasteiger partial charge on any atom is 0.320 e. The van der Waals surface area contributed by atoms with Gasteiger partial charge < -0.3 is 9.64 Å². The first-order valence-corrected chi connectivity index (χ1v) is 4.03. The molecule has 0 spiro atoms. The highest BCUT2D eigenvalue weighted by molar-refractivity contribution is 5.71. The third-order valence-corrected chi connectivity index (χ3v) is 2.08. The van der Waals surface area contributed by atoms with Gasteiger partial charge >= 0.3 is 5.97 Å². The average Bonchev–Trinajstić information content (AvgIpc) is 2.09. The van der Waals surface area contributed by atoms with Crippen LogP contribution in [0, 0.1) is 7.11 Å². The summed E-state index contributed by atoms with van der Waals surface area (Å²) in [6.45, 7) is 4.12. The Morgan fingerprint density at radius 2 is 2.00 bits per heavy atom. The van der Waals surface area contributed by atoms with Crippen LogP contribution in [0.25, 0.3) is 0 Å². The lowest BCUT2D eigenvalue weighted by atomic mass is 10.3. The minimum absolute atomic E-state index is 0.310. The monoisotopic (exact) mass is 170 g/mol. The van der Waals surface area contributed by atoms with Crippen molar-refractivity contribution in [1.82, 2.24) is 9.80 Å². The van der Waals surface area contributed by atoms with Crippen molar-refractivity contribution in [2.75, 3.05) is 39.8 Å². The molecule has 0 atom stereocenters. The second kappa shape index (κ2) is 4.42. The van der Waals surface area contributed by atoms with Gasteiger partial charge in [-0.2, -0.15) is 0 Å². The number of carbonyl (C=O) groups is 1. The molecular formula is C8H14N2O2. The topological polar surface area (TPSA) is 32.8 Å². The molecule has 0 aromatic heterocycles. The number of nitrogens with zero attached hydrogens (tertiary/aromatic N) is 2. The van der Waals surface area contributed by atoms with Gasteiger partial charge in [0.05, 0.1) is 6.54 Å². The summed E-state index contributed by atoms with van der Waals surface area (Å²) in [6.07, 6.45) is 0. The number of carbonyl (C=O) groups excluding carboxylic acids is 1. The zero-order valence-electron chi connectivity index (χ0n) is 7.32. The van der Waals surface area contributed by atoms with Gasteiger partial charge in [0.15, 0.2) is 7.11 Å². The number of hydrogen-bond acceptors (Lipinski definition) is 4. The molecule has 68 valence electrons. The van der Waals surface area contributed by atoms with Gasteiger partial charge in [-0.1, -0.05) is 0 Å². The summed E-state index contributed by atoms with van der Waals surface area (Å²) < 4.78 is 4.09. The van der Waals surface area contributed by atoms with Crippen LogP contribution in [0.5, 0.6) is 0 Å². The van der Waals surface area contributed by atoms with Crippen LogP contribution in [-0.2, 0) is 9.53 Å². The number of rotatable bonds is 2. The third kappa shape index (κ3) is 2.79. The van der Waals surface area contributed by atoms with Gasteiger partial charge in [0.1, 0.15) is 0 Å². The van der Waals surface area contributed by atoms with E-state index in [1.807, 2.05) is 4.90 Å². The van der Waals surface area contributed by atoms with Crippen molar-refractivity contribution in [2.45, 2.75) is 0 Å². The van der Waals surface area contributed by atoms with Crippen LogP contribution in [0.4, 0.5) is 0 Å². The predicted octanol–water partition coefficient (Wildman–Crippen LogP) is -0.554. The summed E-state index contributed by atoms with van der Waals surface area (Å²) in [7, 11) is 6.80. The zero-order chi connectivity index (χ0) is 8.97. The fraction of sp³-hybridized carbons (Fsp3) is 0.750. The van der Waals surface area contributed by atoms with Crippen molar-refractivity contribution < 1.29 is 9.53 Å². The summed E-state index contributed by atoms with van der Waals surface area (Å²) in [4.78, 5) is 15.0. The van der Waals surface area contributed by atoms with E-state index in [9.17, 15) is 4.79 Å². The summed E-state index contributed by atoms with van der Waals surface area (Å²) >= 11 is 0. The lowest BCUT2D eigenvalue weighted by molar-refractivity contribution is -0.140. The molecule has 4 nitrogen and oxygen atoms in total. The third-order valence-electron chi connectivity index (χ3n) is 2.08. The van der Waals surface area contributed by atoms with Crippen LogP contribution in [0.2, 0.25) is 0 Å². The molecule has 1 heterocycles. The van der Waals surface area contributed by atoms with Gasteiger partial charge in [0, 0.05) is 26.2 Å². The van der Waals surface area contributed by atoms with E-state index in [4.69, 9.17) is 7.11 Å². The van der Waals surface area contributed by atoms with E-state index in [2.05, 4.69) is 16.7 Å². The Kier molecular flexibility index (Phi) is 3.49. The van der Waals surface area contributed by atoms with Crippen LogP contribution in [-0.4, -0.2) is 55.5 Å². The fourth-order valence-corrected chi connectivity index (χ4v) is 1.23. The van der Waals surface area contributed by atoms with Crippen molar-refractivity contribution in [3.63, 3.8) is 0 Å². The molecule has 0 N–H and O–H groups in total. The molecule has 0 bridgehead atoms. The second-order valence-electron chi connectivity index (χ2n) is 3.07. The summed E-state index contributed by atoms with van der Waals surface area (Å²) in [5.41, 5.74) is 0. The van der Waals surface area contributed by atoms with Crippen LogP contribution in [0.3, 0.4) is 0 Å².